The molecule has 1 atom stereocenters. The first-order chi connectivity index (χ1) is 7.31. The Balaban J connectivity index is 0.00000128. The van der Waals surface area contributed by atoms with E-state index in [-0.39, 0.29) is 18.4 Å². The summed E-state index contributed by atoms with van der Waals surface area (Å²) >= 11 is 0. The third-order valence-electron chi connectivity index (χ3n) is 2.65. The minimum atomic E-state index is 0. The predicted octanol–water partition coefficient (Wildman–Crippen LogP) is 1.06. The number of phenolic OH excluding ortho intramolecular Hbond substituents is 1. The number of piperazine rings is 1. The second-order valence-corrected chi connectivity index (χ2v) is 3.64. The fourth-order valence-corrected chi connectivity index (χ4v) is 1.81. The molecule has 1 fully saturated rings. The summed E-state index contributed by atoms with van der Waals surface area (Å²) < 4.78 is 5.14. The molecule has 1 aliphatic heterocycles. The first kappa shape index (κ1) is 13.1. The van der Waals surface area contributed by atoms with E-state index in [4.69, 9.17) is 4.74 Å². The highest BCUT2D eigenvalue weighted by Gasteiger charge is 2.17. The molecule has 0 spiro atoms. The minimum absolute atomic E-state index is 0. The number of benzene rings is 1. The van der Waals surface area contributed by atoms with E-state index < -0.39 is 0 Å². The number of hydrogen-bond acceptors (Lipinski definition) is 4. The Hall–Kier alpha value is -0.970. The minimum Gasteiger partial charge on any atom is -0.508 e. The lowest BCUT2D eigenvalue weighted by Crippen LogP contribution is -2.42. The van der Waals surface area contributed by atoms with Crippen molar-refractivity contribution in [1.29, 1.82) is 0 Å². The zero-order valence-corrected chi connectivity index (χ0v) is 10.0. The summed E-state index contributed by atoms with van der Waals surface area (Å²) in [6.07, 6.45) is 0. The fraction of sp³-hybridized carbons (Fsp3) is 0.455. The van der Waals surface area contributed by atoms with Crippen molar-refractivity contribution < 1.29 is 9.84 Å². The number of nitrogens with one attached hydrogen (secondary N) is 2. The van der Waals surface area contributed by atoms with Crippen molar-refractivity contribution in [3.05, 3.63) is 23.8 Å². The lowest BCUT2D eigenvalue weighted by atomic mass is 10.0. The molecule has 0 saturated carbocycles. The van der Waals surface area contributed by atoms with Crippen LogP contribution in [0.2, 0.25) is 0 Å². The quantitative estimate of drug-likeness (QED) is 0.728. The van der Waals surface area contributed by atoms with E-state index in [0.29, 0.717) is 5.75 Å². The van der Waals surface area contributed by atoms with Crippen molar-refractivity contribution in [2.75, 3.05) is 26.7 Å². The summed E-state index contributed by atoms with van der Waals surface area (Å²) in [4.78, 5) is 0. The van der Waals surface area contributed by atoms with Gasteiger partial charge in [0.25, 0.3) is 0 Å². The van der Waals surface area contributed by atoms with Crippen LogP contribution in [0.4, 0.5) is 0 Å². The highest BCUT2D eigenvalue weighted by atomic mass is 35.5. The van der Waals surface area contributed by atoms with Gasteiger partial charge in [-0.3, -0.25) is 0 Å². The number of phenols is 1. The van der Waals surface area contributed by atoms with Gasteiger partial charge in [-0.05, 0) is 18.2 Å². The van der Waals surface area contributed by atoms with E-state index in [1.165, 1.54) is 0 Å². The van der Waals surface area contributed by atoms with Gasteiger partial charge in [0, 0.05) is 31.2 Å². The molecule has 1 aromatic rings. The summed E-state index contributed by atoms with van der Waals surface area (Å²) in [5.41, 5.74) is 0.890. The summed E-state index contributed by atoms with van der Waals surface area (Å²) in [6, 6.07) is 5.47. The summed E-state index contributed by atoms with van der Waals surface area (Å²) in [6.45, 7) is 2.73. The third kappa shape index (κ3) is 2.78. The Morgan fingerprint density at radius 3 is 2.81 bits per heavy atom. The molecule has 0 aliphatic carbocycles. The standard InChI is InChI=1S/C11H16N2O2.ClH/c1-15-8-2-3-11(14)9(6-8)10-7-12-4-5-13-10;/h2-3,6,10,12-14H,4-5,7H2,1H3;1H/t10-;/m1./s1. The molecule has 1 heterocycles. The number of aromatic hydroxyl groups is 1. The molecule has 4 nitrogen and oxygen atoms in total. The van der Waals surface area contributed by atoms with E-state index in [1.807, 2.05) is 6.07 Å². The van der Waals surface area contributed by atoms with Gasteiger partial charge in [0.2, 0.25) is 0 Å². The Kier molecular flexibility index (Phi) is 4.86. The SMILES string of the molecule is COc1ccc(O)c([C@H]2CNCCN2)c1.Cl. The number of halogens is 1. The van der Waals surface area contributed by atoms with Crippen molar-refractivity contribution in [2.24, 2.45) is 0 Å². The van der Waals surface area contributed by atoms with Gasteiger partial charge in [-0.2, -0.15) is 0 Å². The molecule has 0 bridgehead atoms. The summed E-state index contributed by atoms with van der Waals surface area (Å²) in [5, 5.41) is 16.4. The summed E-state index contributed by atoms with van der Waals surface area (Å²) in [5.74, 6) is 1.09. The molecule has 1 aromatic carbocycles. The molecule has 90 valence electrons. The topological polar surface area (TPSA) is 53.5 Å². The molecule has 2 rings (SSSR count). The average molecular weight is 245 g/mol. The highest BCUT2D eigenvalue weighted by Crippen LogP contribution is 2.28. The van der Waals surface area contributed by atoms with Gasteiger partial charge >= 0.3 is 0 Å². The predicted molar refractivity (Wildman–Crippen MR) is 65.5 cm³/mol. The van der Waals surface area contributed by atoms with Gasteiger partial charge < -0.3 is 20.5 Å². The van der Waals surface area contributed by atoms with Gasteiger partial charge in [0.05, 0.1) is 7.11 Å². The largest absolute Gasteiger partial charge is 0.508 e. The average Bonchev–Trinajstić information content (AvgIpc) is 2.31. The first-order valence-corrected chi connectivity index (χ1v) is 5.12. The summed E-state index contributed by atoms with van der Waals surface area (Å²) in [7, 11) is 1.63. The number of rotatable bonds is 2. The van der Waals surface area contributed by atoms with Crippen LogP contribution in [0.25, 0.3) is 0 Å². The number of ether oxygens (including phenoxy) is 1. The van der Waals surface area contributed by atoms with Crippen LogP contribution >= 0.6 is 12.4 Å². The van der Waals surface area contributed by atoms with E-state index in [9.17, 15) is 5.11 Å². The molecule has 0 amide bonds. The Morgan fingerprint density at radius 1 is 1.38 bits per heavy atom. The number of hydrogen-bond donors (Lipinski definition) is 3. The lowest BCUT2D eigenvalue weighted by molar-refractivity contribution is 0.391. The maximum Gasteiger partial charge on any atom is 0.120 e. The zero-order chi connectivity index (χ0) is 10.7. The highest BCUT2D eigenvalue weighted by molar-refractivity contribution is 5.85. The van der Waals surface area contributed by atoms with Gasteiger partial charge in [-0.1, -0.05) is 0 Å². The molecule has 1 aliphatic rings. The Labute approximate surface area is 101 Å². The van der Waals surface area contributed by atoms with Crippen LogP contribution in [0.3, 0.4) is 0 Å². The van der Waals surface area contributed by atoms with Crippen LogP contribution in [0, 0.1) is 0 Å². The van der Waals surface area contributed by atoms with Crippen LogP contribution in [0.5, 0.6) is 11.5 Å². The van der Waals surface area contributed by atoms with Crippen LogP contribution in [0.1, 0.15) is 11.6 Å². The lowest BCUT2D eigenvalue weighted by Gasteiger charge is -2.25. The van der Waals surface area contributed by atoms with E-state index in [1.54, 1.807) is 19.2 Å². The Bertz CT molecular complexity index is 341. The maximum absolute atomic E-state index is 9.76. The zero-order valence-electron chi connectivity index (χ0n) is 9.19. The van der Waals surface area contributed by atoms with E-state index in [0.717, 1.165) is 30.9 Å². The van der Waals surface area contributed by atoms with Gasteiger partial charge in [-0.15, -0.1) is 12.4 Å². The monoisotopic (exact) mass is 244 g/mol. The molecule has 0 aromatic heterocycles. The first-order valence-electron chi connectivity index (χ1n) is 5.12. The Morgan fingerprint density at radius 2 is 2.19 bits per heavy atom. The second kappa shape index (κ2) is 5.94. The molecule has 1 saturated heterocycles. The van der Waals surface area contributed by atoms with Crippen molar-refractivity contribution in [1.82, 2.24) is 10.6 Å². The molecular formula is C11H17ClN2O2. The molecule has 0 radical (unpaired) electrons. The van der Waals surface area contributed by atoms with Crippen LogP contribution in [0.15, 0.2) is 18.2 Å². The normalized spacial score (nSPS) is 19.9. The van der Waals surface area contributed by atoms with Gasteiger partial charge in [-0.25, -0.2) is 0 Å². The number of methoxy groups -OCH3 is 1. The maximum atomic E-state index is 9.76. The van der Waals surface area contributed by atoms with Crippen LogP contribution in [-0.2, 0) is 0 Å². The molecule has 16 heavy (non-hydrogen) atoms. The molecule has 0 unspecified atom stereocenters. The van der Waals surface area contributed by atoms with Crippen LogP contribution < -0.4 is 15.4 Å². The van der Waals surface area contributed by atoms with Gasteiger partial charge in [0.15, 0.2) is 0 Å². The van der Waals surface area contributed by atoms with Gasteiger partial charge in [0.1, 0.15) is 11.5 Å². The smallest absolute Gasteiger partial charge is 0.120 e. The fourth-order valence-electron chi connectivity index (χ4n) is 1.81. The second-order valence-electron chi connectivity index (χ2n) is 3.64. The molecular weight excluding hydrogens is 228 g/mol. The van der Waals surface area contributed by atoms with Crippen molar-refractivity contribution in [3.8, 4) is 11.5 Å². The molecule has 5 heteroatoms. The molecule has 3 N–H and O–H groups in total. The van der Waals surface area contributed by atoms with Crippen molar-refractivity contribution in [3.63, 3.8) is 0 Å². The van der Waals surface area contributed by atoms with E-state index >= 15 is 0 Å². The van der Waals surface area contributed by atoms with Crippen molar-refractivity contribution in [2.45, 2.75) is 6.04 Å². The van der Waals surface area contributed by atoms with E-state index in [2.05, 4.69) is 10.6 Å². The van der Waals surface area contributed by atoms with Crippen LogP contribution in [-0.4, -0.2) is 31.9 Å². The third-order valence-corrected chi connectivity index (χ3v) is 2.65. The van der Waals surface area contributed by atoms with Crippen molar-refractivity contribution >= 4 is 12.4 Å².